The van der Waals surface area contributed by atoms with Gasteiger partial charge in [0.25, 0.3) is 5.91 Å². The molecule has 0 saturated carbocycles. The summed E-state index contributed by atoms with van der Waals surface area (Å²) >= 11 is 3.10. The highest BCUT2D eigenvalue weighted by atomic mass is 79.9. The van der Waals surface area contributed by atoms with Crippen molar-refractivity contribution in [3.05, 3.63) is 22.6 Å². The zero-order valence-electron chi connectivity index (χ0n) is 10.3. The van der Waals surface area contributed by atoms with E-state index in [9.17, 15) is 14.7 Å². The van der Waals surface area contributed by atoms with Gasteiger partial charge in [-0.1, -0.05) is 0 Å². The van der Waals surface area contributed by atoms with Crippen molar-refractivity contribution in [2.45, 2.75) is 18.9 Å². The van der Waals surface area contributed by atoms with Gasteiger partial charge in [0.1, 0.15) is 0 Å². The van der Waals surface area contributed by atoms with Crippen molar-refractivity contribution >= 4 is 27.7 Å². The number of piperidine rings is 1. The lowest BCUT2D eigenvalue weighted by atomic mass is 10.1. The zero-order valence-corrected chi connectivity index (χ0v) is 11.9. The highest BCUT2D eigenvalue weighted by molar-refractivity contribution is 9.10. The van der Waals surface area contributed by atoms with Crippen LogP contribution in [-0.4, -0.2) is 47.6 Å². The van der Waals surface area contributed by atoms with Crippen molar-refractivity contribution in [3.63, 3.8) is 0 Å². The van der Waals surface area contributed by atoms with Gasteiger partial charge in [-0.2, -0.15) is 0 Å². The first-order valence-electron chi connectivity index (χ1n) is 6.05. The molecular formula is C12H15BrN2O4. The van der Waals surface area contributed by atoms with E-state index >= 15 is 0 Å². The van der Waals surface area contributed by atoms with Crippen LogP contribution in [-0.2, 0) is 4.79 Å². The summed E-state index contributed by atoms with van der Waals surface area (Å²) in [7, 11) is 0. The van der Waals surface area contributed by atoms with Crippen LogP contribution >= 0.6 is 15.9 Å². The lowest BCUT2D eigenvalue weighted by molar-refractivity contribution is -0.133. The molecule has 1 aliphatic heterocycles. The maximum absolute atomic E-state index is 11.8. The molecule has 2 heterocycles. The summed E-state index contributed by atoms with van der Waals surface area (Å²) < 4.78 is 5.54. The van der Waals surface area contributed by atoms with E-state index in [0.29, 0.717) is 17.8 Å². The largest absolute Gasteiger partial charge is 0.444 e. The van der Waals surface area contributed by atoms with Crippen LogP contribution in [0.5, 0.6) is 0 Å². The van der Waals surface area contributed by atoms with E-state index in [2.05, 4.69) is 21.2 Å². The topological polar surface area (TPSA) is 82.8 Å². The van der Waals surface area contributed by atoms with Gasteiger partial charge < -0.3 is 19.7 Å². The Kier molecular flexibility index (Phi) is 4.60. The molecule has 1 saturated heterocycles. The van der Waals surface area contributed by atoms with Crippen LogP contribution in [0.4, 0.5) is 0 Å². The maximum atomic E-state index is 11.8. The van der Waals surface area contributed by atoms with Crippen LogP contribution in [0, 0.1) is 0 Å². The standard InChI is InChI=1S/C12H15BrN2O4/c13-10-4-3-9(19-10)12(18)14-6-11(17)15-5-1-2-8(16)7-15/h3-4,8,16H,1-2,5-7H2,(H,14,18). The second-order valence-electron chi connectivity index (χ2n) is 4.42. The van der Waals surface area contributed by atoms with E-state index in [1.54, 1.807) is 11.0 Å². The fourth-order valence-corrected chi connectivity index (χ4v) is 2.28. The highest BCUT2D eigenvalue weighted by Gasteiger charge is 2.22. The number of amides is 2. The highest BCUT2D eigenvalue weighted by Crippen LogP contribution is 2.14. The Hall–Kier alpha value is -1.34. The van der Waals surface area contributed by atoms with Crippen LogP contribution in [0.15, 0.2) is 21.2 Å². The molecule has 2 N–H and O–H groups in total. The minimum Gasteiger partial charge on any atom is -0.444 e. The summed E-state index contributed by atoms with van der Waals surface area (Å²) in [5, 5.41) is 12.0. The molecule has 0 aromatic carbocycles. The number of halogens is 1. The summed E-state index contributed by atoms with van der Waals surface area (Å²) in [5.74, 6) is -0.479. The number of hydrogen-bond acceptors (Lipinski definition) is 4. The van der Waals surface area contributed by atoms with Crippen LogP contribution < -0.4 is 5.32 Å². The first-order chi connectivity index (χ1) is 9.06. The molecule has 19 heavy (non-hydrogen) atoms. The molecule has 1 aromatic heterocycles. The third kappa shape index (κ3) is 3.81. The molecule has 104 valence electrons. The second kappa shape index (κ2) is 6.21. The summed E-state index contributed by atoms with van der Waals surface area (Å²) in [6.45, 7) is 0.864. The molecule has 0 spiro atoms. The van der Waals surface area contributed by atoms with Gasteiger partial charge in [0, 0.05) is 13.1 Å². The molecule has 0 radical (unpaired) electrons. The van der Waals surface area contributed by atoms with Crippen molar-refractivity contribution < 1.29 is 19.1 Å². The first kappa shape index (κ1) is 14.1. The van der Waals surface area contributed by atoms with Crippen molar-refractivity contribution in [3.8, 4) is 0 Å². The van der Waals surface area contributed by atoms with E-state index in [1.165, 1.54) is 6.07 Å². The van der Waals surface area contributed by atoms with Crippen LogP contribution in [0.3, 0.4) is 0 Å². The molecule has 1 unspecified atom stereocenters. The SMILES string of the molecule is O=C(NCC(=O)N1CCCC(O)C1)c1ccc(Br)o1. The molecule has 0 bridgehead atoms. The van der Waals surface area contributed by atoms with Gasteiger partial charge in [-0.3, -0.25) is 9.59 Å². The molecule has 1 aliphatic rings. The number of carbonyl (C=O) groups is 2. The monoisotopic (exact) mass is 330 g/mol. The van der Waals surface area contributed by atoms with Gasteiger partial charge in [-0.25, -0.2) is 0 Å². The molecule has 2 amide bonds. The number of furan rings is 1. The molecule has 1 aromatic rings. The summed E-state index contributed by atoms with van der Waals surface area (Å²) in [5.41, 5.74) is 0. The number of rotatable bonds is 3. The number of likely N-dealkylation sites (tertiary alicyclic amines) is 1. The lowest BCUT2D eigenvalue weighted by Gasteiger charge is -2.30. The first-order valence-corrected chi connectivity index (χ1v) is 6.85. The quantitative estimate of drug-likeness (QED) is 0.856. The smallest absolute Gasteiger partial charge is 0.287 e. The molecule has 2 rings (SSSR count). The number of nitrogens with zero attached hydrogens (tertiary/aromatic N) is 1. The normalized spacial score (nSPS) is 19.3. The number of β-amino-alcohol motifs (C(OH)–C–C–N with tert-alkyl or cyclic N) is 1. The van der Waals surface area contributed by atoms with Crippen molar-refractivity contribution in [2.75, 3.05) is 19.6 Å². The van der Waals surface area contributed by atoms with Crippen LogP contribution in [0.1, 0.15) is 23.4 Å². The summed E-state index contributed by atoms with van der Waals surface area (Å²) in [4.78, 5) is 25.1. The second-order valence-corrected chi connectivity index (χ2v) is 5.20. The average Bonchev–Trinajstić information content (AvgIpc) is 2.82. The molecular weight excluding hydrogens is 316 g/mol. The fourth-order valence-electron chi connectivity index (χ4n) is 1.97. The Bertz CT molecular complexity index is 474. The number of aliphatic hydroxyl groups excluding tert-OH is 1. The molecule has 6 nitrogen and oxygen atoms in total. The van der Waals surface area contributed by atoms with Crippen LogP contribution in [0.2, 0.25) is 0 Å². The predicted octanol–water partition coefficient (Wildman–Crippen LogP) is 0.755. The fraction of sp³-hybridized carbons (Fsp3) is 0.500. The lowest BCUT2D eigenvalue weighted by Crippen LogP contribution is -2.46. The Morgan fingerprint density at radius 3 is 2.95 bits per heavy atom. The zero-order chi connectivity index (χ0) is 13.8. The van der Waals surface area contributed by atoms with E-state index in [1.807, 2.05) is 0 Å². The van der Waals surface area contributed by atoms with Gasteiger partial charge in [0.2, 0.25) is 5.91 Å². The van der Waals surface area contributed by atoms with Gasteiger partial charge in [0.05, 0.1) is 12.6 Å². The molecule has 7 heteroatoms. The Balaban J connectivity index is 1.81. The minimum absolute atomic E-state index is 0.0934. The molecule has 1 atom stereocenters. The van der Waals surface area contributed by atoms with Crippen molar-refractivity contribution in [1.29, 1.82) is 0 Å². The Morgan fingerprint density at radius 1 is 1.53 bits per heavy atom. The van der Waals surface area contributed by atoms with E-state index in [-0.39, 0.29) is 18.2 Å². The Labute approximate surface area is 118 Å². The van der Waals surface area contributed by atoms with Gasteiger partial charge in [-0.05, 0) is 40.9 Å². The average molecular weight is 331 g/mol. The van der Waals surface area contributed by atoms with Gasteiger partial charge >= 0.3 is 0 Å². The number of nitrogens with one attached hydrogen (secondary N) is 1. The van der Waals surface area contributed by atoms with E-state index in [4.69, 9.17) is 4.42 Å². The molecule has 1 fully saturated rings. The molecule has 0 aliphatic carbocycles. The number of hydrogen-bond donors (Lipinski definition) is 2. The van der Waals surface area contributed by atoms with Crippen molar-refractivity contribution in [2.24, 2.45) is 0 Å². The van der Waals surface area contributed by atoms with Gasteiger partial charge in [-0.15, -0.1) is 0 Å². The van der Waals surface area contributed by atoms with Gasteiger partial charge in [0.15, 0.2) is 10.4 Å². The number of carbonyl (C=O) groups excluding carboxylic acids is 2. The number of aliphatic hydroxyl groups is 1. The summed E-state index contributed by atoms with van der Waals surface area (Å²) in [6.07, 6.45) is 1.04. The summed E-state index contributed by atoms with van der Waals surface area (Å²) in [6, 6.07) is 3.13. The Morgan fingerprint density at radius 2 is 2.32 bits per heavy atom. The van der Waals surface area contributed by atoms with Crippen molar-refractivity contribution in [1.82, 2.24) is 10.2 Å². The third-order valence-corrected chi connectivity index (χ3v) is 3.37. The van der Waals surface area contributed by atoms with E-state index in [0.717, 1.165) is 12.8 Å². The minimum atomic E-state index is -0.463. The maximum Gasteiger partial charge on any atom is 0.287 e. The van der Waals surface area contributed by atoms with Crippen LogP contribution in [0.25, 0.3) is 0 Å². The third-order valence-electron chi connectivity index (χ3n) is 2.95. The van der Waals surface area contributed by atoms with E-state index < -0.39 is 12.0 Å². The predicted molar refractivity (Wildman–Crippen MR) is 70.6 cm³/mol.